The van der Waals surface area contributed by atoms with Crippen molar-refractivity contribution in [2.45, 2.75) is 31.4 Å². The van der Waals surface area contributed by atoms with E-state index >= 15 is 0 Å². The van der Waals surface area contributed by atoms with Gasteiger partial charge in [-0.3, -0.25) is 4.79 Å². The van der Waals surface area contributed by atoms with Crippen LogP contribution in [0.4, 0.5) is 22.0 Å². The average Bonchev–Trinajstić information content (AvgIpc) is 3.18. The van der Waals surface area contributed by atoms with Gasteiger partial charge in [0.1, 0.15) is 5.69 Å². The summed E-state index contributed by atoms with van der Waals surface area (Å²) in [6.45, 7) is 0. The van der Waals surface area contributed by atoms with Gasteiger partial charge in [-0.1, -0.05) is 29.8 Å². The molecule has 0 aliphatic heterocycles. The first-order valence-corrected chi connectivity index (χ1v) is 10.4. The molecule has 3 aromatic rings. The molecule has 0 fully saturated rings. The number of ether oxygens (including phenoxy) is 1. The highest BCUT2D eigenvalue weighted by molar-refractivity contribution is 6.34. The van der Waals surface area contributed by atoms with Gasteiger partial charge in [-0.15, -0.1) is 0 Å². The number of halogens is 6. The van der Waals surface area contributed by atoms with E-state index in [-0.39, 0.29) is 35.4 Å². The van der Waals surface area contributed by atoms with Gasteiger partial charge >= 0.3 is 12.1 Å². The highest BCUT2D eigenvalue weighted by Gasteiger charge is 2.44. The first-order valence-electron chi connectivity index (χ1n) is 10.0. The van der Waals surface area contributed by atoms with Crippen molar-refractivity contribution in [2.24, 2.45) is 0 Å². The summed E-state index contributed by atoms with van der Waals surface area (Å²) in [5.74, 6) is -5.27. The Morgan fingerprint density at radius 3 is 2.41 bits per heavy atom. The highest BCUT2D eigenvalue weighted by atomic mass is 35.5. The minimum absolute atomic E-state index is 0.00828. The highest BCUT2D eigenvalue weighted by Crippen LogP contribution is 2.45. The molecule has 1 aliphatic carbocycles. The van der Waals surface area contributed by atoms with Gasteiger partial charge in [0.25, 0.3) is 11.8 Å². The fraction of sp³-hybridized carbons (Fsp3) is 0.261. The van der Waals surface area contributed by atoms with E-state index in [0.29, 0.717) is 10.7 Å². The molecule has 0 N–H and O–H groups in total. The Hall–Kier alpha value is -3.27. The number of alkyl halides is 5. The van der Waals surface area contributed by atoms with E-state index in [1.54, 1.807) is 0 Å². The lowest BCUT2D eigenvalue weighted by atomic mass is 9.90. The smallest absolute Gasteiger partial charge is 0.417 e. The Morgan fingerprint density at radius 2 is 1.79 bits per heavy atom. The molecule has 1 aromatic heterocycles. The molecule has 1 heterocycles. The summed E-state index contributed by atoms with van der Waals surface area (Å²) < 4.78 is 75.9. The molecule has 4 rings (SSSR count). The van der Waals surface area contributed by atoms with Crippen molar-refractivity contribution >= 4 is 23.5 Å². The van der Waals surface area contributed by atoms with E-state index in [1.165, 1.54) is 31.4 Å². The zero-order chi connectivity index (χ0) is 24.8. The Labute approximate surface area is 195 Å². The van der Waals surface area contributed by atoms with Crippen LogP contribution in [0, 0.1) is 0 Å². The van der Waals surface area contributed by atoms with Crippen LogP contribution >= 0.6 is 11.6 Å². The molecule has 2 aromatic carbocycles. The van der Waals surface area contributed by atoms with Crippen molar-refractivity contribution in [1.82, 2.24) is 9.78 Å². The third-order valence-corrected chi connectivity index (χ3v) is 5.87. The first-order chi connectivity index (χ1) is 16.0. The number of carbonyl (C=O) groups is 2. The van der Waals surface area contributed by atoms with E-state index in [0.717, 1.165) is 12.1 Å². The van der Waals surface area contributed by atoms with Crippen LogP contribution in [0.25, 0.3) is 11.3 Å². The summed E-state index contributed by atoms with van der Waals surface area (Å²) in [6, 6.07) is 8.23. The summed E-state index contributed by atoms with van der Waals surface area (Å²) in [6.07, 6.45) is -5.39. The maximum Gasteiger partial charge on any atom is 0.417 e. The van der Waals surface area contributed by atoms with Gasteiger partial charge < -0.3 is 4.74 Å². The molecule has 1 aliphatic rings. The summed E-state index contributed by atoms with van der Waals surface area (Å²) in [7, 11) is 1.18. The average molecular weight is 499 g/mol. The van der Waals surface area contributed by atoms with Crippen LogP contribution < -0.4 is 0 Å². The zero-order valence-corrected chi connectivity index (χ0v) is 18.3. The van der Waals surface area contributed by atoms with Crippen molar-refractivity contribution < 1.29 is 36.3 Å². The van der Waals surface area contributed by atoms with Crippen LogP contribution in [0.3, 0.4) is 0 Å². The largest absolute Gasteiger partial charge is 0.465 e. The molecule has 178 valence electrons. The van der Waals surface area contributed by atoms with E-state index in [2.05, 4.69) is 9.84 Å². The van der Waals surface area contributed by atoms with Crippen LogP contribution in [-0.2, 0) is 23.3 Å². The number of rotatable bonds is 3. The first kappa shape index (κ1) is 23.9. The second-order valence-electron chi connectivity index (χ2n) is 7.67. The fourth-order valence-corrected chi connectivity index (χ4v) is 4.26. The molecule has 0 unspecified atom stereocenters. The summed E-state index contributed by atoms with van der Waals surface area (Å²) in [4.78, 5) is 24.9. The summed E-state index contributed by atoms with van der Waals surface area (Å²) >= 11 is 5.95. The van der Waals surface area contributed by atoms with Crippen LogP contribution in [0.1, 0.15) is 50.4 Å². The second kappa shape index (κ2) is 8.50. The van der Waals surface area contributed by atoms with Crippen molar-refractivity contribution in [3.63, 3.8) is 0 Å². The number of aromatic nitrogens is 2. The standard InChI is InChI=1S/C23H16ClF5N2O3/c1-34-21(33)13-9-7-12(8-10-13)19-18-16(6-3-11-22(18,25)26)31(30-19)20(32)17-14(23(27,28)29)4-2-5-15(17)24/h2,4-5,7-10H,3,6,11H2,1H3. The van der Waals surface area contributed by atoms with Crippen LogP contribution in [-0.4, -0.2) is 28.8 Å². The van der Waals surface area contributed by atoms with Gasteiger partial charge in [-0.05, 0) is 37.1 Å². The third-order valence-electron chi connectivity index (χ3n) is 5.56. The normalized spacial score (nSPS) is 15.0. The molecule has 34 heavy (non-hydrogen) atoms. The zero-order valence-electron chi connectivity index (χ0n) is 17.5. The quantitative estimate of drug-likeness (QED) is 0.322. The summed E-state index contributed by atoms with van der Waals surface area (Å²) in [5, 5.41) is 3.56. The molecule has 0 saturated heterocycles. The van der Waals surface area contributed by atoms with Gasteiger partial charge in [-0.2, -0.15) is 23.0 Å². The van der Waals surface area contributed by atoms with Crippen molar-refractivity contribution in [3.05, 3.63) is 75.4 Å². The molecule has 0 bridgehead atoms. The Kier molecular flexibility index (Phi) is 5.97. The van der Waals surface area contributed by atoms with Gasteiger partial charge in [0, 0.05) is 12.0 Å². The van der Waals surface area contributed by atoms with E-state index < -0.39 is 52.1 Å². The predicted octanol–water partition coefficient (Wildman–Crippen LogP) is 6.13. The van der Waals surface area contributed by atoms with Gasteiger partial charge in [0.15, 0.2) is 0 Å². The number of esters is 1. The lowest BCUT2D eigenvalue weighted by molar-refractivity contribution is -0.137. The van der Waals surface area contributed by atoms with Crippen LogP contribution in [0.2, 0.25) is 5.02 Å². The number of hydrogen-bond donors (Lipinski definition) is 0. The Balaban J connectivity index is 1.91. The maximum absolute atomic E-state index is 15.0. The minimum atomic E-state index is -4.90. The number of nitrogens with zero attached hydrogens (tertiary/aromatic N) is 2. The molecule has 11 heteroatoms. The molecular formula is C23H16ClF5N2O3. The van der Waals surface area contributed by atoms with E-state index in [1.807, 2.05) is 0 Å². The number of hydrogen-bond acceptors (Lipinski definition) is 4. The second-order valence-corrected chi connectivity index (χ2v) is 8.08. The molecule has 0 atom stereocenters. The minimum Gasteiger partial charge on any atom is -0.465 e. The molecule has 0 amide bonds. The van der Waals surface area contributed by atoms with Gasteiger partial charge in [-0.25, -0.2) is 13.6 Å². The maximum atomic E-state index is 15.0. The molecule has 0 saturated carbocycles. The van der Waals surface area contributed by atoms with Crippen LogP contribution in [0.15, 0.2) is 42.5 Å². The fourth-order valence-electron chi connectivity index (χ4n) is 4.01. The number of carbonyl (C=O) groups excluding carboxylic acids is 2. The lowest BCUT2D eigenvalue weighted by Crippen LogP contribution is -2.26. The van der Waals surface area contributed by atoms with Crippen molar-refractivity contribution in [1.29, 1.82) is 0 Å². The number of methoxy groups -OCH3 is 1. The predicted molar refractivity (Wildman–Crippen MR) is 112 cm³/mol. The third kappa shape index (κ3) is 4.06. The number of fused-ring (bicyclic) bond motifs is 1. The van der Waals surface area contributed by atoms with E-state index in [4.69, 9.17) is 11.6 Å². The SMILES string of the molecule is COC(=O)c1ccc(-c2nn(C(=O)c3c(Cl)cccc3C(F)(F)F)c3c2C(F)(F)CCC3)cc1. The molecule has 0 spiro atoms. The summed E-state index contributed by atoms with van der Waals surface area (Å²) in [5.41, 5.74) is -2.81. The Bertz CT molecular complexity index is 1280. The van der Waals surface area contributed by atoms with Crippen molar-refractivity contribution in [3.8, 4) is 11.3 Å². The number of benzene rings is 2. The molecule has 5 nitrogen and oxygen atoms in total. The van der Waals surface area contributed by atoms with Crippen molar-refractivity contribution in [2.75, 3.05) is 7.11 Å². The Morgan fingerprint density at radius 1 is 1.12 bits per heavy atom. The van der Waals surface area contributed by atoms with Gasteiger partial charge in [0.05, 0.1) is 40.1 Å². The van der Waals surface area contributed by atoms with E-state index in [9.17, 15) is 31.5 Å². The lowest BCUT2D eigenvalue weighted by Gasteiger charge is -2.23. The monoisotopic (exact) mass is 498 g/mol. The molecular weight excluding hydrogens is 483 g/mol. The van der Waals surface area contributed by atoms with Gasteiger partial charge in [0.2, 0.25) is 0 Å². The van der Waals surface area contributed by atoms with Crippen LogP contribution in [0.5, 0.6) is 0 Å². The molecule has 0 radical (unpaired) electrons. The topological polar surface area (TPSA) is 61.2 Å².